The molecule has 6 heteroatoms. The van der Waals surface area contributed by atoms with Crippen molar-refractivity contribution in [2.75, 3.05) is 12.8 Å². The highest BCUT2D eigenvalue weighted by Gasteiger charge is 2.10. The third kappa shape index (κ3) is 4.33. The van der Waals surface area contributed by atoms with Crippen LogP contribution >= 0.6 is 34.4 Å². The Hall–Kier alpha value is -0.850. The molecule has 0 fully saturated rings. The highest BCUT2D eigenvalue weighted by atomic mass is 32.2. The van der Waals surface area contributed by atoms with E-state index in [1.54, 1.807) is 34.4 Å². The fourth-order valence-corrected chi connectivity index (χ4v) is 3.35. The van der Waals surface area contributed by atoms with Crippen molar-refractivity contribution in [2.24, 2.45) is 0 Å². The molecule has 1 unspecified atom stereocenters. The lowest BCUT2D eigenvalue weighted by atomic mass is 10.3. The Bertz CT molecular complexity index is 522. The number of aromatic nitrogens is 1. The summed E-state index contributed by atoms with van der Waals surface area (Å²) in [5.41, 5.74) is 0.850. The summed E-state index contributed by atoms with van der Waals surface area (Å²) in [6.07, 6.45) is 2.41. The predicted octanol–water partition coefficient (Wildman–Crippen LogP) is 3.28. The first kappa shape index (κ1) is 14.6. The van der Waals surface area contributed by atoms with Crippen molar-refractivity contribution in [2.45, 2.75) is 18.6 Å². The molecule has 0 saturated heterocycles. The summed E-state index contributed by atoms with van der Waals surface area (Å²) < 4.78 is 0. The fraction of sp³-hybridized carbons (Fsp3) is 0.385. The molecule has 0 aliphatic heterocycles. The number of thioether (sulfide) groups is 1. The summed E-state index contributed by atoms with van der Waals surface area (Å²) in [4.78, 5) is 17.4. The van der Waals surface area contributed by atoms with Crippen LogP contribution in [0.15, 0.2) is 22.9 Å². The molecule has 0 radical (unpaired) electrons. The first-order valence-corrected chi connectivity index (χ1v) is 9.01. The number of nitrogens with one attached hydrogen (secondary N) is 1. The van der Waals surface area contributed by atoms with Crippen LogP contribution in [0.25, 0.3) is 9.88 Å². The molecule has 0 saturated carbocycles. The van der Waals surface area contributed by atoms with Crippen molar-refractivity contribution in [3.63, 3.8) is 0 Å². The second kappa shape index (κ2) is 7.07. The number of carbonyl (C=O) groups is 1. The molecule has 2 aromatic heterocycles. The molecule has 1 atom stereocenters. The summed E-state index contributed by atoms with van der Waals surface area (Å²) in [7, 11) is 0. The van der Waals surface area contributed by atoms with Gasteiger partial charge in [-0.25, -0.2) is 4.98 Å². The van der Waals surface area contributed by atoms with Crippen LogP contribution in [0.3, 0.4) is 0 Å². The van der Waals surface area contributed by atoms with Crippen LogP contribution in [0.5, 0.6) is 0 Å². The molecular formula is C13H16N2OS3. The average Bonchev–Trinajstić information content (AvgIpc) is 3.06. The van der Waals surface area contributed by atoms with E-state index in [0.717, 1.165) is 15.6 Å². The number of nitrogens with zero attached hydrogens (tertiary/aromatic N) is 1. The number of hydrogen-bond acceptors (Lipinski definition) is 5. The van der Waals surface area contributed by atoms with E-state index in [-0.39, 0.29) is 5.91 Å². The van der Waals surface area contributed by atoms with E-state index in [2.05, 4.69) is 17.2 Å². The SMILES string of the molecule is CSC(C)CNC(=O)Cc1csc(-c2cccs2)n1. The standard InChI is InChI=1S/C13H16N2OS3/c1-9(17-2)7-14-12(16)6-10-8-19-13(15-10)11-4-3-5-18-11/h3-5,8-9H,6-7H2,1-2H3,(H,14,16). The largest absolute Gasteiger partial charge is 0.355 e. The molecule has 0 aliphatic rings. The zero-order chi connectivity index (χ0) is 13.7. The third-order valence-corrected chi connectivity index (χ3v) is 5.52. The number of carbonyl (C=O) groups excluding carboxylic acids is 1. The molecule has 0 spiro atoms. The Balaban J connectivity index is 1.88. The lowest BCUT2D eigenvalue weighted by Gasteiger charge is -2.08. The van der Waals surface area contributed by atoms with Gasteiger partial charge in [0.2, 0.25) is 5.91 Å². The van der Waals surface area contributed by atoms with Gasteiger partial charge >= 0.3 is 0 Å². The second-order valence-electron chi connectivity index (χ2n) is 4.15. The molecular weight excluding hydrogens is 296 g/mol. The molecule has 0 aliphatic carbocycles. The molecule has 2 aromatic rings. The Morgan fingerprint density at radius 2 is 2.37 bits per heavy atom. The normalized spacial score (nSPS) is 12.3. The van der Waals surface area contributed by atoms with Gasteiger partial charge in [0, 0.05) is 17.2 Å². The maximum absolute atomic E-state index is 11.8. The van der Waals surface area contributed by atoms with Crippen LogP contribution in [0, 0.1) is 0 Å². The lowest BCUT2D eigenvalue weighted by Crippen LogP contribution is -2.30. The quantitative estimate of drug-likeness (QED) is 0.890. The molecule has 0 bridgehead atoms. The van der Waals surface area contributed by atoms with Gasteiger partial charge in [0.05, 0.1) is 17.0 Å². The average molecular weight is 312 g/mol. The number of thiophene rings is 1. The summed E-state index contributed by atoms with van der Waals surface area (Å²) in [5, 5.41) is 8.37. The van der Waals surface area contributed by atoms with Gasteiger partial charge in [-0.15, -0.1) is 22.7 Å². The Labute approximate surface area is 125 Å². The van der Waals surface area contributed by atoms with Gasteiger partial charge in [-0.1, -0.05) is 13.0 Å². The van der Waals surface area contributed by atoms with Crippen molar-refractivity contribution >= 4 is 40.3 Å². The van der Waals surface area contributed by atoms with E-state index in [1.165, 1.54) is 0 Å². The molecule has 0 aromatic carbocycles. The molecule has 1 amide bonds. The van der Waals surface area contributed by atoms with E-state index in [1.807, 2.05) is 29.1 Å². The van der Waals surface area contributed by atoms with Gasteiger partial charge in [0.15, 0.2) is 0 Å². The Kier molecular flexibility index (Phi) is 5.42. The van der Waals surface area contributed by atoms with Crippen LogP contribution in [0.1, 0.15) is 12.6 Å². The first-order valence-electron chi connectivity index (χ1n) is 5.97. The minimum absolute atomic E-state index is 0.0453. The van der Waals surface area contributed by atoms with Crippen molar-refractivity contribution < 1.29 is 4.79 Å². The molecule has 102 valence electrons. The summed E-state index contributed by atoms with van der Waals surface area (Å²) in [6, 6.07) is 4.06. The van der Waals surface area contributed by atoms with Gasteiger partial charge in [0.25, 0.3) is 0 Å². The highest BCUT2D eigenvalue weighted by molar-refractivity contribution is 7.99. The van der Waals surface area contributed by atoms with Crippen LogP contribution in [0.2, 0.25) is 0 Å². The zero-order valence-electron chi connectivity index (χ0n) is 10.9. The van der Waals surface area contributed by atoms with Gasteiger partial charge in [0.1, 0.15) is 5.01 Å². The van der Waals surface area contributed by atoms with E-state index in [4.69, 9.17) is 0 Å². The van der Waals surface area contributed by atoms with Gasteiger partial charge in [-0.05, 0) is 17.7 Å². The molecule has 1 N–H and O–H groups in total. The molecule has 2 rings (SSSR count). The highest BCUT2D eigenvalue weighted by Crippen LogP contribution is 2.27. The van der Waals surface area contributed by atoms with E-state index >= 15 is 0 Å². The number of amides is 1. The van der Waals surface area contributed by atoms with Crippen molar-refractivity contribution in [1.29, 1.82) is 0 Å². The van der Waals surface area contributed by atoms with Gasteiger partial charge in [-0.2, -0.15) is 11.8 Å². The monoisotopic (exact) mass is 312 g/mol. The summed E-state index contributed by atoms with van der Waals surface area (Å²) in [5.74, 6) is 0.0453. The van der Waals surface area contributed by atoms with Crippen molar-refractivity contribution in [3.05, 3.63) is 28.6 Å². The van der Waals surface area contributed by atoms with Crippen molar-refractivity contribution in [1.82, 2.24) is 10.3 Å². The maximum Gasteiger partial charge on any atom is 0.226 e. The van der Waals surface area contributed by atoms with Crippen LogP contribution in [-0.4, -0.2) is 28.9 Å². The molecule has 2 heterocycles. The minimum Gasteiger partial charge on any atom is -0.355 e. The van der Waals surface area contributed by atoms with E-state index in [0.29, 0.717) is 18.2 Å². The third-order valence-electron chi connectivity index (χ3n) is 2.61. The topological polar surface area (TPSA) is 42.0 Å². The smallest absolute Gasteiger partial charge is 0.226 e. The van der Waals surface area contributed by atoms with E-state index < -0.39 is 0 Å². The zero-order valence-corrected chi connectivity index (χ0v) is 13.3. The van der Waals surface area contributed by atoms with Crippen LogP contribution in [-0.2, 0) is 11.2 Å². The summed E-state index contributed by atoms with van der Waals surface area (Å²) in [6.45, 7) is 2.81. The predicted molar refractivity (Wildman–Crippen MR) is 85.1 cm³/mol. The second-order valence-corrected chi connectivity index (χ2v) is 7.23. The number of hydrogen-bond donors (Lipinski definition) is 1. The maximum atomic E-state index is 11.8. The number of thiazole rings is 1. The molecule has 19 heavy (non-hydrogen) atoms. The van der Waals surface area contributed by atoms with Gasteiger partial charge in [-0.3, -0.25) is 4.79 Å². The van der Waals surface area contributed by atoms with Crippen molar-refractivity contribution in [3.8, 4) is 9.88 Å². The molecule has 3 nitrogen and oxygen atoms in total. The Morgan fingerprint density at radius 3 is 3.05 bits per heavy atom. The Morgan fingerprint density at radius 1 is 1.53 bits per heavy atom. The van der Waals surface area contributed by atoms with Crippen LogP contribution in [0.4, 0.5) is 0 Å². The first-order chi connectivity index (χ1) is 9.19. The lowest BCUT2D eigenvalue weighted by molar-refractivity contribution is -0.120. The van der Waals surface area contributed by atoms with E-state index in [9.17, 15) is 4.79 Å². The van der Waals surface area contributed by atoms with Crippen LogP contribution < -0.4 is 5.32 Å². The minimum atomic E-state index is 0.0453. The number of rotatable bonds is 6. The summed E-state index contributed by atoms with van der Waals surface area (Å²) >= 11 is 5.01. The van der Waals surface area contributed by atoms with Gasteiger partial charge < -0.3 is 5.32 Å². The fourth-order valence-electron chi connectivity index (χ4n) is 1.47.